The molecule has 0 aromatic carbocycles. The number of aromatic nitrogens is 4. The first-order valence-electron chi connectivity index (χ1n) is 6.65. The van der Waals surface area contributed by atoms with Crippen LogP contribution in [0.2, 0.25) is 0 Å². The largest absolute Gasteiger partial charge is 0.505 e. The van der Waals surface area contributed by atoms with Crippen molar-refractivity contribution in [1.82, 2.24) is 19.5 Å². The van der Waals surface area contributed by atoms with Crippen LogP contribution in [0.1, 0.15) is 12.6 Å². The minimum Gasteiger partial charge on any atom is -0.394 e. The van der Waals surface area contributed by atoms with Gasteiger partial charge in [-0.05, 0) is 4.57 Å². The summed E-state index contributed by atoms with van der Waals surface area (Å²) >= 11 is 0. The number of rotatable bonds is 4. The third kappa shape index (κ3) is 2.61. The van der Waals surface area contributed by atoms with Gasteiger partial charge in [0.05, 0.1) is 19.0 Å². The van der Waals surface area contributed by atoms with Crippen molar-refractivity contribution in [2.24, 2.45) is 5.92 Å². The van der Waals surface area contributed by atoms with E-state index in [0.717, 1.165) is 0 Å². The molecule has 2 aromatic heterocycles. The van der Waals surface area contributed by atoms with Gasteiger partial charge in [0, 0.05) is 12.3 Å². The molecule has 118 valence electrons. The van der Waals surface area contributed by atoms with Crippen molar-refractivity contribution in [3.05, 3.63) is 6.33 Å². The molecule has 0 spiro atoms. The van der Waals surface area contributed by atoms with Crippen molar-refractivity contribution in [1.29, 1.82) is 0 Å². The molecule has 3 rings (SSSR count). The Bertz CT molecular complexity index is 722. The molecule has 4 atom stereocenters. The van der Waals surface area contributed by atoms with Crippen molar-refractivity contribution in [3.8, 4) is 0 Å². The second kappa shape index (κ2) is 5.73. The fourth-order valence-corrected chi connectivity index (χ4v) is 3.50. The maximum atomic E-state index is 11.0. The Hall–Kier alpha value is -1.87. The third-order valence-electron chi connectivity index (χ3n) is 3.71. The molecule has 11 heteroatoms. The first-order valence-corrected chi connectivity index (χ1v) is 8.04. The molecule has 22 heavy (non-hydrogen) atoms. The first kappa shape index (κ1) is 15.0. The van der Waals surface area contributed by atoms with Gasteiger partial charge in [-0.25, -0.2) is 4.98 Å². The SMILES string of the molecule is Nc1nc(N)c2ncn([C@H]3CC(C[P+](=O)O)[C@@H](CO)O3)c2n1. The Morgan fingerprint density at radius 2 is 2.23 bits per heavy atom. The lowest BCUT2D eigenvalue weighted by molar-refractivity contribution is -0.0275. The zero-order valence-corrected chi connectivity index (χ0v) is 12.4. The van der Waals surface area contributed by atoms with Gasteiger partial charge in [0.1, 0.15) is 11.7 Å². The van der Waals surface area contributed by atoms with E-state index in [2.05, 4.69) is 15.0 Å². The summed E-state index contributed by atoms with van der Waals surface area (Å²) < 4.78 is 18.4. The van der Waals surface area contributed by atoms with E-state index in [4.69, 9.17) is 21.1 Å². The predicted octanol–water partition coefficient (Wildman–Crippen LogP) is -0.379. The Balaban J connectivity index is 1.93. The van der Waals surface area contributed by atoms with Gasteiger partial charge in [-0.1, -0.05) is 0 Å². The van der Waals surface area contributed by atoms with Gasteiger partial charge in [-0.3, -0.25) is 4.57 Å². The van der Waals surface area contributed by atoms with Crippen LogP contribution < -0.4 is 11.5 Å². The van der Waals surface area contributed by atoms with Crippen LogP contribution in [-0.2, 0) is 9.30 Å². The van der Waals surface area contributed by atoms with E-state index in [0.29, 0.717) is 17.6 Å². The molecular weight excluding hydrogens is 311 g/mol. The standard InChI is InChI=1S/C11H15N6O4P/c12-9-8-10(16-11(13)15-9)17(4-14-8)7-1-5(3-22(19)20)6(2-18)21-7/h4-7,18H,1-3H2,(H4-,12,13,15,16,19,20)/p+1/t5?,6-,7-/m1/s1. The normalized spacial score (nSPS) is 25.7. The number of nitrogens with two attached hydrogens (primary N) is 2. The lowest BCUT2D eigenvalue weighted by Crippen LogP contribution is -2.22. The molecule has 2 aromatic rings. The van der Waals surface area contributed by atoms with Crippen LogP contribution >= 0.6 is 8.03 Å². The number of aliphatic hydroxyl groups is 1. The lowest BCUT2D eigenvalue weighted by Gasteiger charge is -2.14. The fraction of sp³-hybridized carbons (Fsp3) is 0.545. The molecule has 2 unspecified atom stereocenters. The summed E-state index contributed by atoms with van der Waals surface area (Å²) in [6.45, 7) is -0.226. The molecule has 0 amide bonds. The average Bonchev–Trinajstić information content (AvgIpc) is 3.01. The minimum absolute atomic E-state index is 0.0263. The molecule has 3 heterocycles. The van der Waals surface area contributed by atoms with Crippen molar-refractivity contribution < 1.29 is 19.3 Å². The quantitative estimate of drug-likeness (QED) is 0.548. The zero-order valence-electron chi connectivity index (χ0n) is 11.5. The van der Waals surface area contributed by atoms with Crippen LogP contribution in [0.25, 0.3) is 11.2 Å². The summed E-state index contributed by atoms with van der Waals surface area (Å²) in [4.78, 5) is 21.2. The number of imidazole rings is 1. The van der Waals surface area contributed by atoms with Gasteiger partial charge < -0.3 is 21.3 Å². The number of ether oxygens (including phenoxy) is 1. The third-order valence-corrected chi connectivity index (χ3v) is 4.49. The van der Waals surface area contributed by atoms with E-state index in [1.165, 1.54) is 6.33 Å². The van der Waals surface area contributed by atoms with E-state index in [1.54, 1.807) is 4.57 Å². The van der Waals surface area contributed by atoms with Gasteiger partial charge in [0.15, 0.2) is 17.6 Å². The molecule has 1 fully saturated rings. The number of aliphatic hydroxyl groups excluding tert-OH is 1. The van der Waals surface area contributed by atoms with Gasteiger partial charge in [-0.2, -0.15) is 14.9 Å². The number of hydrogen-bond donors (Lipinski definition) is 4. The number of fused-ring (bicyclic) bond motifs is 1. The van der Waals surface area contributed by atoms with E-state index in [9.17, 15) is 9.67 Å². The number of nitrogen functional groups attached to an aromatic ring is 2. The topological polar surface area (TPSA) is 162 Å². The number of nitrogens with zero attached hydrogens (tertiary/aromatic N) is 4. The second-order valence-corrected chi connectivity index (χ2v) is 6.20. The Labute approximate surface area is 126 Å². The number of anilines is 2. The second-order valence-electron chi connectivity index (χ2n) is 5.13. The molecule has 0 bridgehead atoms. The molecule has 10 nitrogen and oxygen atoms in total. The van der Waals surface area contributed by atoms with Crippen molar-refractivity contribution in [3.63, 3.8) is 0 Å². The van der Waals surface area contributed by atoms with Gasteiger partial charge in [-0.15, -0.1) is 0 Å². The highest BCUT2D eigenvalue weighted by molar-refractivity contribution is 7.38. The Morgan fingerprint density at radius 1 is 1.45 bits per heavy atom. The fourth-order valence-electron chi connectivity index (χ4n) is 2.71. The van der Waals surface area contributed by atoms with Crippen LogP contribution in [0.5, 0.6) is 0 Å². The summed E-state index contributed by atoms with van der Waals surface area (Å²) in [5, 5.41) is 9.37. The highest BCUT2D eigenvalue weighted by atomic mass is 31.1. The Morgan fingerprint density at radius 3 is 2.91 bits per heavy atom. The monoisotopic (exact) mass is 327 g/mol. The van der Waals surface area contributed by atoms with Crippen molar-refractivity contribution in [2.45, 2.75) is 18.8 Å². The van der Waals surface area contributed by atoms with E-state index < -0.39 is 20.4 Å². The summed E-state index contributed by atoms with van der Waals surface area (Å²) in [5.74, 6) is -0.0241. The summed E-state index contributed by atoms with van der Waals surface area (Å²) in [6, 6.07) is 0. The van der Waals surface area contributed by atoms with Crippen molar-refractivity contribution >= 4 is 31.0 Å². The van der Waals surface area contributed by atoms with E-state index >= 15 is 0 Å². The molecule has 0 saturated carbocycles. The number of hydrogen-bond acceptors (Lipinski definition) is 8. The first-order chi connectivity index (χ1) is 10.5. The smallest absolute Gasteiger partial charge is 0.394 e. The average molecular weight is 327 g/mol. The van der Waals surface area contributed by atoms with Crippen LogP contribution in [0.15, 0.2) is 6.33 Å². The molecule has 0 aliphatic carbocycles. The molecule has 1 aliphatic rings. The van der Waals surface area contributed by atoms with Gasteiger partial charge in [0.2, 0.25) is 5.95 Å². The lowest BCUT2D eigenvalue weighted by atomic mass is 10.0. The Kier molecular flexibility index (Phi) is 3.92. The summed E-state index contributed by atoms with van der Waals surface area (Å²) in [5.41, 5.74) is 12.2. The molecule has 6 N–H and O–H groups in total. The van der Waals surface area contributed by atoms with Crippen LogP contribution in [0, 0.1) is 5.92 Å². The summed E-state index contributed by atoms with van der Waals surface area (Å²) in [7, 11) is -2.30. The van der Waals surface area contributed by atoms with Crippen LogP contribution in [0.3, 0.4) is 0 Å². The molecular formula is C11H16N6O4P+. The highest BCUT2D eigenvalue weighted by Gasteiger charge is 2.40. The predicted molar refractivity (Wildman–Crippen MR) is 77.9 cm³/mol. The maximum absolute atomic E-state index is 11.0. The zero-order chi connectivity index (χ0) is 15.9. The van der Waals surface area contributed by atoms with Crippen LogP contribution in [-0.4, -0.2) is 48.4 Å². The van der Waals surface area contributed by atoms with E-state index in [-0.39, 0.29) is 30.5 Å². The molecule has 0 radical (unpaired) electrons. The maximum Gasteiger partial charge on any atom is 0.505 e. The van der Waals surface area contributed by atoms with Gasteiger partial charge >= 0.3 is 8.03 Å². The molecule has 1 saturated heterocycles. The van der Waals surface area contributed by atoms with E-state index in [1.807, 2.05) is 0 Å². The van der Waals surface area contributed by atoms with Gasteiger partial charge in [0.25, 0.3) is 0 Å². The highest BCUT2D eigenvalue weighted by Crippen LogP contribution is 2.38. The molecule has 1 aliphatic heterocycles. The minimum atomic E-state index is -2.30. The van der Waals surface area contributed by atoms with Crippen molar-refractivity contribution in [2.75, 3.05) is 24.2 Å². The summed E-state index contributed by atoms with van der Waals surface area (Å²) in [6.07, 6.45) is 1.07. The van der Waals surface area contributed by atoms with Crippen LogP contribution in [0.4, 0.5) is 11.8 Å².